The van der Waals surface area contributed by atoms with Gasteiger partial charge in [-0.2, -0.15) is 5.26 Å². The van der Waals surface area contributed by atoms with Crippen LogP contribution in [0.2, 0.25) is 0 Å². The lowest BCUT2D eigenvalue weighted by Crippen LogP contribution is -2.37. The lowest BCUT2D eigenvalue weighted by atomic mass is 10.1. The van der Waals surface area contributed by atoms with Gasteiger partial charge in [0, 0.05) is 12.6 Å². The van der Waals surface area contributed by atoms with Crippen LogP contribution in [0.25, 0.3) is 0 Å². The Balaban J connectivity index is 2.01. The van der Waals surface area contributed by atoms with Gasteiger partial charge < -0.3 is 10.2 Å². The molecule has 19 heavy (non-hydrogen) atoms. The third kappa shape index (κ3) is 3.05. The van der Waals surface area contributed by atoms with E-state index in [-0.39, 0.29) is 12.5 Å². The van der Waals surface area contributed by atoms with E-state index in [0.29, 0.717) is 11.6 Å². The number of carbonyl (C=O) groups excluding carboxylic acids is 1. The molecule has 4 nitrogen and oxygen atoms in total. The van der Waals surface area contributed by atoms with Crippen LogP contribution in [-0.2, 0) is 4.79 Å². The number of nitriles is 1. The molecule has 1 aromatic carbocycles. The summed E-state index contributed by atoms with van der Waals surface area (Å²) in [6, 6.07) is 8.24. The lowest BCUT2D eigenvalue weighted by molar-refractivity contribution is -0.129. The van der Waals surface area contributed by atoms with Crippen molar-refractivity contribution in [2.75, 3.05) is 18.4 Å². The number of benzene rings is 1. The molecule has 100 valence electrons. The molecule has 4 heteroatoms. The van der Waals surface area contributed by atoms with Crippen molar-refractivity contribution >= 4 is 11.6 Å². The number of nitrogens with zero attached hydrogens (tertiary/aromatic N) is 2. The molecule has 0 atom stereocenters. The molecule has 1 fully saturated rings. The third-order valence-corrected chi connectivity index (χ3v) is 3.46. The minimum absolute atomic E-state index is 0.107. The molecule has 1 saturated carbocycles. The SMILES string of the molecule is CCN(C(=O)CNc1cccc(C)c1C#N)C1CC1. The zero-order valence-electron chi connectivity index (χ0n) is 11.4. The summed E-state index contributed by atoms with van der Waals surface area (Å²) in [6.45, 7) is 4.91. The van der Waals surface area contributed by atoms with E-state index in [1.54, 1.807) is 0 Å². The van der Waals surface area contributed by atoms with E-state index in [1.807, 2.05) is 36.9 Å². The number of amides is 1. The maximum Gasteiger partial charge on any atom is 0.242 e. The summed E-state index contributed by atoms with van der Waals surface area (Å²) in [5.41, 5.74) is 2.28. The predicted molar refractivity (Wildman–Crippen MR) is 74.8 cm³/mol. The van der Waals surface area contributed by atoms with Crippen LogP contribution in [0.15, 0.2) is 18.2 Å². The van der Waals surface area contributed by atoms with Crippen LogP contribution in [-0.4, -0.2) is 29.9 Å². The highest BCUT2D eigenvalue weighted by Crippen LogP contribution is 2.26. The summed E-state index contributed by atoms with van der Waals surface area (Å²) in [4.78, 5) is 14.0. The van der Waals surface area contributed by atoms with E-state index in [4.69, 9.17) is 5.26 Å². The Labute approximate surface area is 114 Å². The summed E-state index contributed by atoms with van der Waals surface area (Å²) in [7, 11) is 0. The van der Waals surface area contributed by atoms with Crippen molar-refractivity contribution in [1.82, 2.24) is 4.90 Å². The van der Waals surface area contributed by atoms with Gasteiger partial charge in [-0.25, -0.2) is 0 Å². The first-order valence-corrected chi connectivity index (χ1v) is 6.70. The molecule has 0 bridgehead atoms. The van der Waals surface area contributed by atoms with Crippen LogP contribution < -0.4 is 5.32 Å². The van der Waals surface area contributed by atoms with Crippen LogP contribution in [0.3, 0.4) is 0 Å². The fourth-order valence-electron chi connectivity index (χ4n) is 2.26. The molecule has 1 aromatic rings. The van der Waals surface area contributed by atoms with Gasteiger partial charge in [0.15, 0.2) is 0 Å². The van der Waals surface area contributed by atoms with E-state index >= 15 is 0 Å². The van der Waals surface area contributed by atoms with Crippen LogP contribution in [0, 0.1) is 18.3 Å². The molecule has 0 radical (unpaired) electrons. The molecular formula is C15H19N3O. The highest BCUT2D eigenvalue weighted by molar-refractivity contribution is 5.82. The molecule has 0 spiro atoms. The Bertz CT molecular complexity index is 515. The van der Waals surface area contributed by atoms with E-state index in [2.05, 4.69) is 11.4 Å². The number of hydrogen-bond acceptors (Lipinski definition) is 3. The van der Waals surface area contributed by atoms with Crippen LogP contribution >= 0.6 is 0 Å². The van der Waals surface area contributed by atoms with E-state index in [0.717, 1.165) is 30.6 Å². The minimum atomic E-state index is 0.107. The Kier molecular flexibility index (Phi) is 4.06. The summed E-state index contributed by atoms with van der Waals surface area (Å²) in [5.74, 6) is 0.107. The highest BCUT2D eigenvalue weighted by atomic mass is 16.2. The molecule has 0 saturated heterocycles. The molecule has 0 heterocycles. The fraction of sp³-hybridized carbons (Fsp3) is 0.467. The molecular weight excluding hydrogens is 238 g/mol. The second-order valence-corrected chi connectivity index (χ2v) is 4.87. The van der Waals surface area contributed by atoms with E-state index in [1.165, 1.54) is 0 Å². The maximum absolute atomic E-state index is 12.1. The average Bonchev–Trinajstić information content (AvgIpc) is 3.22. The van der Waals surface area contributed by atoms with Crippen molar-refractivity contribution < 1.29 is 4.79 Å². The predicted octanol–water partition coefficient (Wildman–Crippen LogP) is 2.29. The Morgan fingerprint density at radius 3 is 2.84 bits per heavy atom. The summed E-state index contributed by atoms with van der Waals surface area (Å²) in [5, 5.41) is 12.2. The van der Waals surface area contributed by atoms with Gasteiger partial charge in [-0.3, -0.25) is 4.79 Å². The van der Waals surface area contributed by atoms with Gasteiger partial charge >= 0.3 is 0 Å². The van der Waals surface area contributed by atoms with Crippen LogP contribution in [0.4, 0.5) is 5.69 Å². The Hall–Kier alpha value is -2.02. The average molecular weight is 257 g/mol. The van der Waals surface area contributed by atoms with Crippen LogP contribution in [0.5, 0.6) is 0 Å². The summed E-state index contributed by atoms with van der Waals surface area (Å²) >= 11 is 0. The Morgan fingerprint density at radius 1 is 1.53 bits per heavy atom. The van der Waals surface area contributed by atoms with E-state index < -0.39 is 0 Å². The molecule has 1 aliphatic rings. The molecule has 1 N–H and O–H groups in total. The standard InChI is InChI=1S/C15H19N3O/c1-3-18(12-7-8-12)15(19)10-17-14-6-4-5-11(2)13(14)9-16/h4-6,12,17H,3,7-8,10H2,1-2H3. The van der Waals surface area contributed by atoms with Gasteiger partial charge in [0.2, 0.25) is 5.91 Å². The topological polar surface area (TPSA) is 56.1 Å². The van der Waals surface area contributed by atoms with Crippen molar-refractivity contribution in [2.45, 2.75) is 32.7 Å². The van der Waals surface area contributed by atoms with Crippen molar-refractivity contribution in [3.63, 3.8) is 0 Å². The van der Waals surface area contributed by atoms with Crippen molar-refractivity contribution in [1.29, 1.82) is 5.26 Å². The van der Waals surface area contributed by atoms with E-state index in [9.17, 15) is 4.79 Å². The molecule has 0 aliphatic heterocycles. The number of nitrogens with one attached hydrogen (secondary N) is 1. The summed E-state index contributed by atoms with van der Waals surface area (Å²) in [6.07, 6.45) is 2.24. The van der Waals surface area contributed by atoms with Crippen molar-refractivity contribution in [2.24, 2.45) is 0 Å². The van der Waals surface area contributed by atoms with Crippen LogP contribution in [0.1, 0.15) is 30.9 Å². The van der Waals surface area contributed by atoms with Gasteiger partial charge in [0.05, 0.1) is 17.8 Å². The number of hydrogen-bond donors (Lipinski definition) is 1. The first-order valence-electron chi connectivity index (χ1n) is 6.70. The zero-order chi connectivity index (χ0) is 13.8. The van der Waals surface area contributed by atoms with Gasteiger partial charge in [-0.15, -0.1) is 0 Å². The molecule has 1 amide bonds. The number of aryl methyl sites for hydroxylation is 1. The number of rotatable bonds is 5. The number of anilines is 1. The first-order chi connectivity index (χ1) is 9.17. The second-order valence-electron chi connectivity index (χ2n) is 4.87. The molecule has 2 rings (SSSR count). The monoisotopic (exact) mass is 257 g/mol. The smallest absolute Gasteiger partial charge is 0.242 e. The lowest BCUT2D eigenvalue weighted by Gasteiger charge is -2.21. The number of likely N-dealkylation sites (N-methyl/N-ethyl adjacent to an activating group) is 1. The normalized spacial score (nSPS) is 13.7. The Morgan fingerprint density at radius 2 is 2.26 bits per heavy atom. The van der Waals surface area contributed by atoms with Gasteiger partial charge in [0.1, 0.15) is 6.07 Å². The zero-order valence-corrected chi connectivity index (χ0v) is 11.4. The quantitative estimate of drug-likeness (QED) is 0.880. The number of carbonyl (C=O) groups is 1. The minimum Gasteiger partial charge on any atom is -0.375 e. The van der Waals surface area contributed by atoms with Gasteiger partial charge in [0.25, 0.3) is 0 Å². The highest BCUT2D eigenvalue weighted by Gasteiger charge is 2.30. The van der Waals surface area contributed by atoms with Gasteiger partial charge in [-0.1, -0.05) is 12.1 Å². The summed E-state index contributed by atoms with van der Waals surface area (Å²) < 4.78 is 0. The third-order valence-electron chi connectivity index (χ3n) is 3.46. The molecule has 1 aliphatic carbocycles. The van der Waals surface area contributed by atoms with Crippen molar-refractivity contribution in [3.8, 4) is 6.07 Å². The molecule has 0 unspecified atom stereocenters. The first kappa shape index (κ1) is 13.4. The second kappa shape index (κ2) is 5.75. The van der Waals surface area contributed by atoms with Gasteiger partial charge in [-0.05, 0) is 38.3 Å². The largest absolute Gasteiger partial charge is 0.375 e. The van der Waals surface area contributed by atoms with Crippen molar-refractivity contribution in [3.05, 3.63) is 29.3 Å². The fourth-order valence-corrected chi connectivity index (χ4v) is 2.26. The molecule has 0 aromatic heterocycles. The maximum atomic E-state index is 12.1.